The predicted molar refractivity (Wildman–Crippen MR) is 117 cm³/mol. The van der Waals surface area contributed by atoms with Gasteiger partial charge in [0, 0.05) is 22.7 Å². The van der Waals surface area contributed by atoms with Crippen LogP contribution < -0.4 is 0 Å². The molecule has 8 heteroatoms. The van der Waals surface area contributed by atoms with Crippen molar-refractivity contribution in [3.63, 3.8) is 0 Å². The van der Waals surface area contributed by atoms with Gasteiger partial charge in [-0.3, -0.25) is 4.79 Å². The Morgan fingerprint density at radius 2 is 1.73 bits per heavy atom. The number of fused-ring (bicyclic) bond motifs is 4. The first kappa shape index (κ1) is 23.9. The van der Waals surface area contributed by atoms with Crippen LogP contribution in [-0.4, -0.2) is 78.8 Å². The molecule has 1 spiro atoms. The summed E-state index contributed by atoms with van der Waals surface area (Å²) in [5.74, 6) is -2.76. The van der Waals surface area contributed by atoms with Crippen LogP contribution in [0.3, 0.4) is 0 Å². The summed E-state index contributed by atoms with van der Waals surface area (Å²) in [4.78, 5) is 12.9. The van der Waals surface area contributed by atoms with Gasteiger partial charge in [-0.05, 0) is 59.3 Å². The van der Waals surface area contributed by atoms with E-state index in [1.54, 1.807) is 20.8 Å². The fourth-order valence-electron chi connectivity index (χ4n) is 8.86. The third-order valence-corrected chi connectivity index (χ3v) is 10.7. The zero-order valence-electron chi connectivity index (χ0n) is 20.5. The minimum Gasteiger partial charge on any atom is -0.461 e. The van der Waals surface area contributed by atoms with Crippen LogP contribution in [0.2, 0.25) is 0 Å². The topological polar surface area (TPSA) is 140 Å². The van der Waals surface area contributed by atoms with E-state index in [4.69, 9.17) is 9.47 Å². The van der Waals surface area contributed by atoms with Crippen molar-refractivity contribution in [1.82, 2.24) is 0 Å². The van der Waals surface area contributed by atoms with Gasteiger partial charge in [0.05, 0.1) is 41.5 Å². The number of hydrogen-bond acceptors (Lipinski definition) is 8. The lowest BCUT2D eigenvalue weighted by Gasteiger charge is -2.52. The van der Waals surface area contributed by atoms with E-state index in [0.29, 0.717) is 12.8 Å². The molecule has 5 aliphatic rings. The predicted octanol–water partition coefficient (Wildman–Crippen LogP) is 0.752. The highest BCUT2D eigenvalue weighted by Crippen LogP contribution is 2.73. The first-order valence-corrected chi connectivity index (χ1v) is 12.4. The van der Waals surface area contributed by atoms with Crippen molar-refractivity contribution in [2.75, 3.05) is 0 Å². The summed E-state index contributed by atoms with van der Waals surface area (Å²) in [7, 11) is 0. The average molecular weight is 469 g/mol. The molecule has 5 N–H and O–H groups in total. The molecule has 1 saturated heterocycles. The summed E-state index contributed by atoms with van der Waals surface area (Å²) in [6.45, 7) is 10.3. The second kappa shape index (κ2) is 6.71. The van der Waals surface area contributed by atoms with Gasteiger partial charge in [-0.1, -0.05) is 13.8 Å². The van der Waals surface area contributed by atoms with Crippen molar-refractivity contribution < 1.29 is 39.8 Å². The smallest absolute Gasteiger partial charge is 0.311 e. The number of rotatable bonds is 3. The third kappa shape index (κ3) is 2.77. The molecule has 0 radical (unpaired) electrons. The molecule has 1 heterocycles. The lowest BCUT2D eigenvalue weighted by Crippen LogP contribution is -2.63. The minimum absolute atomic E-state index is 0.108. The van der Waals surface area contributed by atoms with Crippen LogP contribution >= 0.6 is 0 Å². The van der Waals surface area contributed by atoms with E-state index >= 15 is 0 Å². The molecule has 0 aromatic carbocycles. The molecule has 0 aromatic rings. The van der Waals surface area contributed by atoms with Crippen molar-refractivity contribution in [2.45, 2.75) is 115 Å². The molecule has 0 amide bonds. The standard InChI is InChI=1S/C25H40O8/c1-11(12(2)26)20(28)33-18-13-7-8-14-23(6,30)17-16-19(32-16)21(3,4)25(17,31)15(27)9-24(14,18)10-22(13,5)29/h11-19,26-27,29-31H,7-10H2,1-6H3/t11-,12+,13+,14-,15+,16-,17-,18+,19-,22+,23+,24-,25-/m0/s1. The Bertz CT molecular complexity index is 851. The van der Waals surface area contributed by atoms with Crippen LogP contribution in [-0.2, 0) is 14.3 Å². The molecule has 0 aromatic heterocycles. The summed E-state index contributed by atoms with van der Waals surface area (Å²) in [6.07, 6.45) is -1.89. The van der Waals surface area contributed by atoms with Gasteiger partial charge in [0.15, 0.2) is 0 Å². The summed E-state index contributed by atoms with van der Waals surface area (Å²) in [5.41, 5.74) is -5.83. The molecule has 5 rings (SSSR count). The van der Waals surface area contributed by atoms with Gasteiger partial charge in [-0.15, -0.1) is 0 Å². The van der Waals surface area contributed by atoms with E-state index < -0.39 is 69.7 Å². The van der Waals surface area contributed by atoms with Crippen LogP contribution in [0, 0.1) is 34.5 Å². The number of ether oxygens (including phenoxy) is 2. The SMILES string of the molecule is C[C@H](C(=O)O[C@@H]1[C@H]2CC[C@H]3[C@@](C)(O)[C@@H]4[C@@H]5O[C@@H]5C(C)(C)[C@]4(O)[C@H](O)C[C@@]13C[C@@]2(C)O)[C@@H](C)O. The molecule has 4 saturated carbocycles. The van der Waals surface area contributed by atoms with E-state index in [1.807, 2.05) is 13.8 Å². The second-order valence-electron chi connectivity index (χ2n) is 12.9. The third-order valence-electron chi connectivity index (χ3n) is 10.7. The van der Waals surface area contributed by atoms with Gasteiger partial charge >= 0.3 is 5.97 Å². The Morgan fingerprint density at radius 3 is 2.33 bits per heavy atom. The Kier molecular flexibility index (Phi) is 4.87. The number of hydrogen-bond donors (Lipinski definition) is 5. The normalized spacial score (nSPS) is 57.8. The fourth-order valence-corrected chi connectivity index (χ4v) is 8.86. The Balaban J connectivity index is 1.62. The number of aliphatic hydroxyl groups excluding tert-OH is 2. The Hall–Kier alpha value is -0.770. The Labute approximate surface area is 195 Å². The number of carbonyl (C=O) groups excluding carboxylic acids is 1. The van der Waals surface area contributed by atoms with E-state index in [9.17, 15) is 30.3 Å². The highest BCUT2D eigenvalue weighted by Gasteiger charge is 2.83. The number of carbonyl (C=O) groups is 1. The molecular weight excluding hydrogens is 428 g/mol. The molecule has 13 atom stereocenters. The molecular formula is C25H40O8. The number of esters is 1. The fraction of sp³-hybridized carbons (Fsp3) is 0.960. The van der Waals surface area contributed by atoms with Crippen molar-refractivity contribution in [1.29, 1.82) is 0 Å². The highest BCUT2D eigenvalue weighted by atomic mass is 16.6. The van der Waals surface area contributed by atoms with E-state index in [2.05, 4.69) is 0 Å². The molecule has 8 nitrogen and oxygen atoms in total. The maximum atomic E-state index is 12.9. The van der Waals surface area contributed by atoms with E-state index in [-0.39, 0.29) is 31.0 Å². The van der Waals surface area contributed by atoms with Crippen LogP contribution in [0.5, 0.6) is 0 Å². The Morgan fingerprint density at radius 1 is 1.09 bits per heavy atom. The molecule has 4 aliphatic carbocycles. The second-order valence-corrected chi connectivity index (χ2v) is 12.9. The summed E-state index contributed by atoms with van der Waals surface area (Å²) in [5, 5.41) is 57.2. The number of epoxide rings is 1. The largest absolute Gasteiger partial charge is 0.461 e. The monoisotopic (exact) mass is 468 g/mol. The van der Waals surface area contributed by atoms with Gasteiger partial charge in [0.2, 0.25) is 0 Å². The zero-order chi connectivity index (χ0) is 24.5. The first-order chi connectivity index (χ1) is 15.0. The maximum Gasteiger partial charge on any atom is 0.311 e. The van der Waals surface area contributed by atoms with Gasteiger partial charge < -0.3 is 35.0 Å². The molecule has 0 unspecified atom stereocenters. The van der Waals surface area contributed by atoms with Crippen LogP contribution in [0.4, 0.5) is 0 Å². The average Bonchev–Trinajstić information content (AvgIpc) is 3.42. The van der Waals surface area contributed by atoms with Crippen LogP contribution in [0.25, 0.3) is 0 Å². The minimum atomic E-state index is -1.58. The van der Waals surface area contributed by atoms with Gasteiger partial charge in [-0.2, -0.15) is 0 Å². The van der Waals surface area contributed by atoms with Crippen molar-refractivity contribution >= 4 is 5.97 Å². The molecule has 188 valence electrons. The first-order valence-electron chi connectivity index (χ1n) is 12.4. The molecule has 2 bridgehead atoms. The lowest BCUT2D eigenvalue weighted by atomic mass is 9.57. The quantitative estimate of drug-likeness (QED) is 0.302. The zero-order valence-corrected chi connectivity index (χ0v) is 20.5. The molecule has 33 heavy (non-hydrogen) atoms. The van der Waals surface area contributed by atoms with Crippen LogP contribution in [0.15, 0.2) is 0 Å². The maximum absolute atomic E-state index is 12.9. The number of aliphatic hydroxyl groups is 5. The highest BCUT2D eigenvalue weighted by molar-refractivity contribution is 5.73. The summed E-state index contributed by atoms with van der Waals surface area (Å²) in [6, 6.07) is 0. The molecule has 5 fully saturated rings. The van der Waals surface area contributed by atoms with Crippen molar-refractivity contribution in [2.24, 2.45) is 34.5 Å². The van der Waals surface area contributed by atoms with E-state index in [1.165, 1.54) is 6.92 Å². The van der Waals surface area contributed by atoms with Gasteiger partial charge in [0.1, 0.15) is 11.7 Å². The van der Waals surface area contributed by atoms with E-state index in [0.717, 1.165) is 0 Å². The lowest BCUT2D eigenvalue weighted by molar-refractivity contribution is -0.223. The molecule has 1 aliphatic heterocycles. The van der Waals surface area contributed by atoms with Crippen molar-refractivity contribution in [3.8, 4) is 0 Å². The van der Waals surface area contributed by atoms with Gasteiger partial charge in [-0.25, -0.2) is 0 Å². The van der Waals surface area contributed by atoms with Crippen LogP contribution in [0.1, 0.15) is 67.2 Å². The summed E-state index contributed by atoms with van der Waals surface area (Å²) >= 11 is 0. The summed E-state index contributed by atoms with van der Waals surface area (Å²) < 4.78 is 11.9. The van der Waals surface area contributed by atoms with Crippen molar-refractivity contribution in [3.05, 3.63) is 0 Å². The van der Waals surface area contributed by atoms with Gasteiger partial charge in [0.25, 0.3) is 0 Å².